The van der Waals surface area contributed by atoms with Crippen LogP contribution in [0.2, 0.25) is 0 Å². The zero-order valence-electron chi connectivity index (χ0n) is 14.4. The SMILES string of the molecule is Cn1cnc(N2CCC(C(=O)N3CCc4ccccc43)CC2)cc1=O. The second-order valence-corrected chi connectivity index (χ2v) is 6.83. The van der Waals surface area contributed by atoms with Gasteiger partial charge in [-0.2, -0.15) is 0 Å². The number of carbonyl (C=O) groups excluding carboxylic acids is 1. The highest BCUT2D eigenvalue weighted by atomic mass is 16.2. The van der Waals surface area contributed by atoms with Gasteiger partial charge in [0.05, 0.1) is 6.33 Å². The molecule has 0 N–H and O–H groups in total. The fourth-order valence-corrected chi connectivity index (χ4v) is 3.77. The Bertz CT molecular complexity index is 852. The lowest BCUT2D eigenvalue weighted by Crippen LogP contribution is -2.42. The van der Waals surface area contributed by atoms with Crippen LogP contribution in [0, 0.1) is 5.92 Å². The summed E-state index contributed by atoms with van der Waals surface area (Å²) < 4.78 is 1.46. The fraction of sp³-hybridized carbons (Fsp3) is 0.421. The smallest absolute Gasteiger partial charge is 0.255 e. The lowest BCUT2D eigenvalue weighted by molar-refractivity contribution is -0.122. The van der Waals surface area contributed by atoms with E-state index in [2.05, 4.69) is 16.0 Å². The van der Waals surface area contributed by atoms with Crippen LogP contribution >= 0.6 is 0 Å². The van der Waals surface area contributed by atoms with Gasteiger partial charge in [0, 0.05) is 44.4 Å². The van der Waals surface area contributed by atoms with Crippen molar-refractivity contribution in [1.29, 1.82) is 0 Å². The molecule has 2 aromatic rings. The Morgan fingerprint density at radius 2 is 1.92 bits per heavy atom. The van der Waals surface area contributed by atoms with E-state index in [0.717, 1.165) is 44.6 Å². The number of hydrogen-bond acceptors (Lipinski definition) is 4. The Balaban J connectivity index is 1.43. The number of fused-ring (bicyclic) bond motifs is 1. The third kappa shape index (κ3) is 2.92. The number of nitrogens with zero attached hydrogens (tertiary/aromatic N) is 4. The molecule has 3 heterocycles. The summed E-state index contributed by atoms with van der Waals surface area (Å²) in [6.07, 6.45) is 4.09. The lowest BCUT2D eigenvalue weighted by Gasteiger charge is -2.33. The Hall–Kier alpha value is -2.63. The standard InChI is InChI=1S/C19H22N4O2/c1-21-13-20-17(12-18(21)24)22-9-6-15(7-10-22)19(25)23-11-8-14-4-2-3-5-16(14)23/h2-5,12-13,15H,6-11H2,1H3. The van der Waals surface area contributed by atoms with Gasteiger partial charge in [-0.1, -0.05) is 18.2 Å². The van der Waals surface area contributed by atoms with Crippen molar-refractivity contribution in [2.45, 2.75) is 19.3 Å². The third-order valence-corrected chi connectivity index (χ3v) is 5.28. The van der Waals surface area contributed by atoms with Gasteiger partial charge < -0.3 is 14.4 Å². The zero-order valence-corrected chi connectivity index (χ0v) is 14.4. The van der Waals surface area contributed by atoms with E-state index in [1.807, 2.05) is 23.1 Å². The van der Waals surface area contributed by atoms with E-state index >= 15 is 0 Å². The molecule has 0 unspecified atom stereocenters. The summed E-state index contributed by atoms with van der Waals surface area (Å²) in [5.41, 5.74) is 2.28. The van der Waals surface area contributed by atoms with Crippen molar-refractivity contribution in [3.05, 3.63) is 52.6 Å². The molecule has 6 heteroatoms. The van der Waals surface area contributed by atoms with Gasteiger partial charge in [0.1, 0.15) is 5.82 Å². The summed E-state index contributed by atoms with van der Waals surface area (Å²) >= 11 is 0. The highest BCUT2D eigenvalue weighted by molar-refractivity contribution is 5.97. The van der Waals surface area contributed by atoms with Gasteiger partial charge in [-0.25, -0.2) is 4.98 Å². The van der Waals surface area contributed by atoms with Crippen LogP contribution in [-0.4, -0.2) is 35.1 Å². The molecule has 1 saturated heterocycles. The fourth-order valence-electron chi connectivity index (χ4n) is 3.77. The van der Waals surface area contributed by atoms with Crippen molar-refractivity contribution in [2.75, 3.05) is 29.4 Å². The van der Waals surface area contributed by atoms with Gasteiger partial charge >= 0.3 is 0 Å². The van der Waals surface area contributed by atoms with Crippen LogP contribution in [-0.2, 0) is 18.3 Å². The first-order valence-corrected chi connectivity index (χ1v) is 8.80. The second-order valence-electron chi connectivity index (χ2n) is 6.83. The summed E-state index contributed by atoms with van der Waals surface area (Å²) in [7, 11) is 1.69. The highest BCUT2D eigenvalue weighted by Gasteiger charge is 2.32. The topological polar surface area (TPSA) is 58.4 Å². The average molecular weight is 338 g/mol. The molecule has 130 valence electrons. The van der Waals surface area contributed by atoms with Gasteiger partial charge in [-0.15, -0.1) is 0 Å². The van der Waals surface area contributed by atoms with Crippen LogP contribution in [0.4, 0.5) is 11.5 Å². The molecule has 4 rings (SSSR count). The number of aromatic nitrogens is 2. The minimum atomic E-state index is -0.0585. The van der Waals surface area contributed by atoms with Crippen LogP contribution in [0.1, 0.15) is 18.4 Å². The molecule has 0 atom stereocenters. The van der Waals surface area contributed by atoms with Crippen molar-refractivity contribution >= 4 is 17.4 Å². The molecule has 1 aromatic heterocycles. The number of carbonyl (C=O) groups is 1. The van der Waals surface area contributed by atoms with E-state index in [0.29, 0.717) is 5.82 Å². The molecule has 2 aliphatic rings. The molecule has 1 fully saturated rings. The Kier molecular flexibility index (Phi) is 4.03. The highest BCUT2D eigenvalue weighted by Crippen LogP contribution is 2.31. The summed E-state index contributed by atoms with van der Waals surface area (Å²) in [6.45, 7) is 2.30. The number of benzene rings is 1. The van der Waals surface area contributed by atoms with E-state index in [1.165, 1.54) is 10.1 Å². The Labute approximate surface area is 146 Å². The molecule has 6 nitrogen and oxygen atoms in total. The first kappa shape index (κ1) is 15.9. The quantitative estimate of drug-likeness (QED) is 0.834. The summed E-state index contributed by atoms with van der Waals surface area (Å²) in [5, 5.41) is 0. The molecular formula is C19H22N4O2. The van der Waals surface area contributed by atoms with Crippen LogP contribution in [0.15, 0.2) is 41.5 Å². The average Bonchev–Trinajstić information content (AvgIpc) is 3.08. The molecule has 25 heavy (non-hydrogen) atoms. The Morgan fingerprint density at radius 1 is 1.16 bits per heavy atom. The lowest BCUT2D eigenvalue weighted by atomic mass is 9.95. The maximum absolute atomic E-state index is 12.9. The molecular weight excluding hydrogens is 316 g/mol. The van der Waals surface area contributed by atoms with E-state index in [9.17, 15) is 9.59 Å². The molecule has 0 spiro atoms. The van der Waals surface area contributed by atoms with Gasteiger partial charge in [-0.3, -0.25) is 9.59 Å². The van der Waals surface area contributed by atoms with E-state index < -0.39 is 0 Å². The predicted octanol–water partition coefficient (Wildman–Crippen LogP) is 1.59. The van der Waals surface area contributed by atoms with Gasteiger partial charge in [0.2, 0.25) is 5.91 Å². The Morgan fingerprint density at radius 3 is 2.68 bits per heavy atom. The van der Waals surface area contributed by atoms with E-state index in [-0.39, 0.29) is 17.4 Å². The van der Waals surface area contributed by atoms with Crippen LogP contribution in [0.25, 0.3) is 0 Å². The number of hydrogen-bond donors (Lipinski definition) is 0. The largest absolute Gasteiger partial charge is 0.356 e. The number of piperidine rings is 1. The number of rotatable bonds is 2. The molecule has 1 amide bonds. The summed E-state index contributed by atoms with van der Waals surface area (Å²) in [4.78, 5) is 33.1. The number of amides is 1. The van der Waals surface area contributed by atoms with Gasteiger partial charge in [0.15, 0.2) is 0 Å². The molecule has 0 aliphatic carbocycles. The predicted molar refractivity (Wildman–Crippen MR) is 96.9 cm³/mol. The van der Waals surface area contributed by atoms with Crippen molar-refractivity contribution in [2.24, 2.45) is 13.0 Å². The second kappa shape index (κ2) is 6.35. The minimum Gasteiger partial charge on any atom is -0.356 e. The number of aryl methyl sites for hydroxylation is 1. The monoisotopic (exact) mass is 338 g/mol. The van der Waals surface area contributed by atoms with Crippen molar-refractivity contribution in [3.8, 4) is 0 Å². The van der Waals surface area contributed by atoms with E-state index in [1.54, 1.807) is 19.4 Å². The molecule has 0 saturated carbocycles. The molecule has 0 radical (unpaired) electrons. The van der Waals surface area contributed by atoms with Crippen LogP contribution in [0.3, 0.4) is 0 Å². The van der Waals surface area contributed by atoms with Crippen LogP contribution < -0.4 is 15.4 Å². The van der Waals surface area contributed by atoms with Crippen molar-refractivity contribution in [3.63, 3.8) is 0 Å². The van der Waals surface area contributed by atoms with Crippen molar-refractivity contribution < 1.29 is 4.79 Å². The molecule has 0 bridgehead atoms. The minimum absolute atomic E-state index is 0.0500. The maximum Gasteiger partial charge on any atom is 0.255 e. The van der Waals surface area contributed by atoms with Crippen LogP contribution in [0.5, 0.6) is 0 Å². The van der Waals surface area contributed by atoms with Crippen molar-refractivity contribution in [1.82, 2.24) is 9.55 Å². The summed E-state index contributed by atoms with van der Waals surface area (Å²) in [6, 6.07) is 9.74. The molecule has 2 aliphatic heterocycles. The number of anilines is 2. The zero-order chi connectivity index (χ0) is 17.4. The third-order valence-electron chi connectivity index (χ3n) is 5.28. The summed E-state index contributed by atoms with van der Waals surface area (Å²) in [5.74, 6) is 0.996. The van der Waals surface area contributed by atoms with E-state index in [4.69, 9.17) is 0 Å². The first-order valence-electron chi connectivity index (χ1n) is 8.80. The molecule has 1 aromatic carbocycles. The maximum atomic E-state index is 12.9. The number of para-hydroxylation sites is 1. The van der Waals surface area contributed by atoms with Gasteiger partial charge in [-0.05, 0) is 30.9 Å². The normalized spacial score (nSPS) is 17.6. The first-order chi connectivity index (χ1) is 12.1. The van der Waals surface area contributed by atoms with Gasteiger partial charge in [0.25, 0.3) is 5.56 Å².